The summed E-state index contributed by atoms with van der Waals surface area (Å²) < 4.78 is 0. The first-order valence-electron chi connectivity index (χ1n) is 5.70. The maximum atomic E-state index is 11.3. The third-order valence-corrected chi connectivity index (χ3v) is 3.45. The van der Waals surface area contributed by atoms with Crippen LogP contribution in [0, 0.1) is 0 Å². The van der Waals surface area contributed by atoms with Crippen molar-refractivity contribution in [2.75, 3.05) is 18.2 Å². The van der Waals surface area contributed by atoms with Gasteiger partial charge in [-0.1, -0.05) is 6.07 Å². The number of rotatable bonds is 6. The Morgan fingerprint density at radius 2 is 2.11 bits per heavy atom. The van der Waals surface area contributed by atoms with E-state index >= 15 is 0 Å². The molecule has 18 heavy (non-hydrogen) atoms. The normalized spacial score (nSPS) is 11.3. The monoisotopic (exact) mass is 269 g/mol. The van der Waals surface area contributed by atoms with Gasteiger partial charge in [-0.2, -0.15) is 0 Å². The van der Waals surface area contributed by atoms with E-state index in [1.807, 2.05) is 26.2 Å². The van der Waals surface area contributed by atoms with Gasteiger partial charge in [0.25, 0.3) is 0 Å². The van der Waals surface area contributed by atoms with Gasteiger partial charge in [0.1, 0.15) is 0 Å². The van der Waals surface area contributed by atoms with Crippen LogP contribution in [-0.2, 0) is 0 Å². The molecule has 0 atom stereocenters. The van der Waals surface area contributed by atoms with Crippen LogP contribution in [-0.4, -0.2) is 34.6 Å². The average molecular weight is 269 g/mol. The molecule has 0 unspecified atom stereocenters. The number of aliphatic hydroxyl groups excluding tert-OH is 1. The lowest BCUT2D eigenvalue weighted by Crippen LogP contribution is -2.32. The summed E-state index contributed by atoms with van der Waals surface area (Å²) in [6.07, 6.45) is 2.40. The van der Waals surface area contributed by atoms with Crippen LogP contribution < -0.4 is 5.32 Å². The zero-order valence-electron chi connectivity index (χ0n) is 10.9. The van der Waals surface area contributed by atoms with Gasteiger partial charge in [-0.05, 0) is 38.7 Å². The molecule has 4 nitrogen and oxygen atoms in total. The molecule has 0 radical (unpaired) electrons. The second-order valence-corrected chi connectivity index (χ2v) is 5.52. The Labute approximate surface area is 111 Å². The number of hydrogen-bond acceptors (Lipinski definition) is 4. The Morgan fingerprint density at radius 1 is 1.44 bits per heavy atom. The molecule has 0 aliphatic heterocycles. The first kappa shape index (κ1) is 14.9. The van der Waals surface area contributed by atoms with Gasteiger partial charge < -0.3 is 15.5 Å². The summed E-state index contributed by atoms with van der Waals surface area (Å²) in [5.41, 5.74) is 0.527. The van der Waals surface area contributed by atoms with E-state index in [-0.39, 0.29) is 17.7 Å². The minimum Gasteiger partial charge on any atom is -0.478 e. The van der Waals surface area contributed by atoms with Gasteiger partial charge in [-0.15, -0.1) is 11.8 Å². The summed E-state index contributed by atoms with van der Waals surface area (Å²) in [5, 5.41) is 21.5. The van der Waals surface area contributed by atoms with E-state index in [0.29, 0.717) is 12.1 Å². The van der Waals surface area contributed by atoms with E-state index in [9.17, 15) is 9.90 Å². The highest BCUT2D eigenvalue weighted by Gasteiger charge is 2.21. The summed E-state index contributed by atoms with van der Waals surface area (Å²) in [4.78, 5) is 12.1. The highest BCUT2D eigenvalue weighted by Crippen LogP contribution is 2.29. The Hall–Kier alpha value is -1.20. The van der Waals surface area contributed by atoms with Crippen molar-refractivity contribution in [2.24, 2.45) is 0 Å². The molecule has 3 N–H and O–H groups in total. The van der Waals surface area contributed by atoms with Crippen molar-refractivity contribution in [1.29, 1.82) is 0 Å². The summed E-state index contributed by atoms with van der Waals surface area (Å²) >= 11 is 1.41. The predicted octanol–water partition coefficient (Wildman–Crippen LogP) is 2.68. The van der Waals surface area contributed by atoms with Gasteiger partial charge in [0, 0.05) is 17.0 Å². The smallest absolute Gasteiger partial charge is 0.338 e. The number of benzene rings is 1. The number of thioether (sulfide) groups is 1. The number of carboxylic acids is 1. The van der Waals surface area contributed by atoms with Crippen molar-refractivity contribution in [3.63, 3.8) is 0 Å². The number of nitrogens with one attached hydrogen (secondary N) is 1. The zero-order chi connectivity index (χ0) is 13.8. The van der Waals surface area contributed by atoms with Gasteiger partial charge in [-0.3, -0.25) is 0 Å². The fraction of sp³-hybridized carbons (Fsp3) is 0.462. The van der Waals surface area contributed by atoms with Gasteiger partial charge in [0.2, 0.25) is 0 Å². The molecule has 0 bridgehead atoms. The summed E-state index contributed by atoms with van der Waals surface area (Å²) in [5.74, 6) is -0.942. The SMILES string of the molecule is CSc1cccc(NC(C)(C)CCO)c1C(=O)O. The third kappa shape index (κ3) is 3.65. The maximum Gasteiger partial charge on any atom is 0.338 e. The number of anilines is 1. The summed E-state index contributed by atoms with van der Waals surface area (Å²) in [7, 11) is 0. The Balaban J connectivity index is 3.12. The lowest BCUT2D eigenvalue weighted by Gasteiger charge is -2.28. The van der Waals surface area contributed by atoms with Crippen LogP contribution in [0.1, 0.15) is 30.6 Å². The fourth-order valence-electron chi connectivity index (χ4n) is 1.73. The summed E-state index contributed by atoms with van der Waals surface area (Å²) in [6.45, 7) is 3.92. The highest BCUT2D eigenvalue weighted by molar-refractivity contribution is 7.98. The quantitative estimate of drug-likeness (QED) is 0.693. The van der Waals surface area contributed by atoms with Crippen LogP contribution in [0.2, 0.25) is 0 Å². The Kier molecular flexibility index (Phi) is 5.04. The van der Waals surface area contributed by atoms with Gasteiger partial charge in [-0.25, -0.2) is 4.79 Å². The molecular formula is C13H19NO3S. The van der Waals surface area contributed by atoms with Crippen molar-refractivity contribution < 1.29 is 15.0 Å². The Bertz CT molecular complexity index is 432. The van der Waals surface area contributed by atoms with E-state index in [2.05, 4.69) is 5.32 Å². The molecule has 0 aliphatic rings. The van der Waals surface area contributed by atoms with E-state index in [0.717, 1.165) is 4.90 Å². The second kappa shape index (κ2) is 6.11. The Morgan fingerprint density at radius 3 is 2.61 bits per heavy atom. The first-order chi connectivity index (χ1) is 8.41. The van der Waals surface area contributed by atoms with Crippen LogP contribution in [0.15, 0.2) is 23.1 Å². The second-order valence-electron chi connectivity index (χ2n) is 4.67. The lowest BCUT2D eigenvalue weighted by molar-refractivity contribution is 0.0694. The van der Waals surface area contributed by atoms with Crippen molar-refractivity contribution in [3.8, 4) is 0 Å². The van der Waals surface area contributed by atoms with Crippen molar-refractivity contribution in [2.45, 2.75) is 30.7 Å². The molecule has 0 amide bonds. The third-order valence-electron chi connectivity index (χ3n) is 2.67. The van der Waals surface area contributed by atoms with Crippen LogP contribution in [0.4, 0.5) is 5.69 Å². The largest absolute Gasteiger partial charge is 0.478 e. The van der Waals surface area contributed by atoms with Crippen LogP contribution in [0.5, 0.6) is 0 Å². The van der Waals surface area contributed by atoms with E-state index in [1.54, 1.807) is 12.1 Å². The van der Waals surface area contributed by atoms with E-state index < -0.39 is 5.97 Å². The zero-order valence-corrected chi connectivity index (χ0v) is 11.7. The number of aromatic carboxylic acids is 1. The minimum atomic E-state index is -0.942. The molecule has 5 heteroatoms. The van der Waals surface area contributed by atoms with Crippen LogP contribution in [0.3, 0.4) is 0 Å². The molecule has 1 rings (SSSR count). The van der Waals surface area contributed by atoms with Crippen molar-refractivity contribution in [3.05, 3.63) is 23.8 Å². The van der Waals surface area contributed by atoms with Crippen molar-refractivity contribution >= 4 is 23.4 Å². The molecule has 0 aromatic heterocycles. The molecule has 100 valence electrons. The fourth-order valence-corrected chi connectivity index (χ4v) is 2.35. The minimum absolute atomic E-state index is 0.0601. The molecule has 0 spiro atoms. The predicted molar refractivity (Wildman–Crippen MR) is 74.6 cm³/mol. The lowest BCUT2D eigenvalue weighted by atomic mass is 10.00. The molecule has 0 heterocycles. The number of carboxylic acid groups (broad SMARTS) is 1. The number of aliphatic hydroxyl groups is 1. The van der Waals surface area contributed by atoms with Crippen LogP contribution >= 0.6 is 11.8 Å². The average Bonchev–Trinajstić information content (AvgIpc) is 2.27. The number of carbonyl (C=O) groups is 1. The maximum absolute atomic E-state index is 11.3. The van der Waals surface area contributed by atoms with Gasteiger partial charge >= 0.3 is 5.97 Å². The molecule has 1 aromatic rings. The molecular weight excluding hydrogens is 250 g/mol. The molecule has 0 aliphatic carbocycles. The van der Waals surface area contributed by atoms with Gasteiger partial charge in [0.15, 0.2) is 0 Å². The number of hydrogen-bond donors (Lipinski definition) is 3. The van der Waals surface area contributed by atoms with E-state index in [1.165, 1.54) is 11.8 Å². The molecule has 0 saturated carbocycles. The molecule has 1 aromatic carbocycles. The molecule has 0 saturated heterocycles. The highest BCUT2D eigenvalue weighted by atomic mass is 32.2. The first-order valence-corrected chi connectivity index (χ1v) is 6.93. The van der Waals surface area contributed by atoms with Crippen molar-refractivity contribution in [1.82, 2.24) is 0 Å². The van der Waals surface area contributed by atoms with Gasteiger partial charge in [0.05, 0.1) is 11.3 Å². The van der Waals surface area contributed by atoms with Crippen LogP contribution in [0.25, 0.3) is 0 Å². The molecule has 0 fully saturated rings. The topological polar surface area (TPSA) is 69.6 Å². The standard InChI is InChI=1S/C13H19NO3S/c1-13(2,7-8-15)14-9-5-4-6-10(18-3)11(9)12(16)17/h4-6,14-15H,7-8H2,1-3H3,(H,16,17). The summed E-state index contributed by atoms with van der Waals surface area (Å²) in [6, 6.07) is 5.37. The van der Waals surface area contributed by atoms with E-state index in [4.69, 9.17) is 5.11 Å².